The number of hydrogen-bond donors (Lipinski definition) is 2. The van der Waals surface area contributed by atoms with Gasteiger partial charge in [-0.3, -0.25) is 9.59 Å². The maximum atomic E-state index is 12.9. The Morgan fingerprint density at radius 3 is 2.67 bits per heavy atom. The topological polar surface area (TPSA) is 65.2 Å². The summed E-state index contributed by atoms with van der Waals surface area (Å²) < 4.78 is 0. The van der Waals surface area contributed by atoms with Crippen LogP contribution < -0.4 is 5.32 Å². The molecule has 0 bridgehead atoms. The fourth-order valence-corrected chi connectivity index (χ4v) is 3.66. The fraction of sp³-hybridized carbons (Fsp3) is 0.273. The molecule has 2 amide bonds. The number of para-hydroxylation sites is 1. The van der Waals surface area contributed by atoms with E-state index in [1.54, 1.807) is 4.90 Å². The van der Waals surface area contributed by atoms with Crippen molar-refractivity contribution < 1.29 is 9.59 Å². The summed E-state index contributed by atoms with van der Waals surface area (Å²) in [5.74, 6) is -0.171. The van der Waals surface area contributed by atoms with E-state index < -0.39 is 0 Å². The van der Waals surface area contributed by atoms with Crippen LogP contribution in [0.15, 0.2) is 60.7 Å². The summed E-state index contributed by atoms with van der Waals surface area (Å²) in [5.41, 5.74) is 2.62. The number of piperidine rings is 1. The van der Waals surface area contributed by atoms with Crippen LogP contribution in [0.5, 0.6) is 0 Å². The van der Waals surface area contributed by atoms with Gasteiger partial charge in [-0.05, 0) is 30.5 Å². The van der Waals surface area contributed by atoms with Crippen molar-refractivity contribution in [3.8, 4) is 0 Å². The molecule has 1 aliphatic rings. The zero-order valence-corrected chi connectivity index (χ0v) is 15.2. The molecule has 2 heterocycles. The SMILES string of the molecule is O=C(NCc1ccccc1)C1CCCN(C(=O)c2cc3ccccc3[nH]2)C1. The Labute approximate surface area is 158 Å². The molecule has 0 radical (unpaired) electrons. The zero-order chi connectivity index (χ0) is 18.6. The van der Waals surface area contributed by atoms with Crippen molar-refractivity contribution in [2.24, 2.45) is 5.92 Å². The van der Waals surface area contributed by atoms with Crippen molar-refractivity contribution in [2.45, 2.75) is 19.4 Å². The first-order valence-electron chi connectivity index (χ1n) is 9.39. The van der Waals surface area contributed by atoms with Crippen LogP contribution in [0, 0.1) is 5.92 Å². The van der Waals surface area contributed by atoms with Crippen molar-refractivity contribution >= 4 is 22.7 Å². The van der Waals surface area contributed by atoms with Crippen molar-refractivity contribution in [1.82, 2.24) is 15.2 Å². The number of aromatic nitrogens is 1. The molecular formula is C22H23N3O2. The number of rotatable bonds is 4. The van der Waals surface area contributed by atoms with E-state index in [-0.39, 0.29) is 17.7 Å². The highest BCUT2D eigenvalue weighted by molar-refractivity contribution is 5.98. The summed E-state index contributed by atoms with van der Waals surface area (Å²) in [6.45, 7) is 1.68. The molecular weight excluding hydrogens is 338 g/mol. The number of likely N-dealkylation sites (tertiary alicyclic amines) is 1. The fourth-order valence-electron chi connectivity index (χ4n) is 3.66. The highest BCUT2D eigenvalue weighted by Crippen LogP contribution is 2.21. The molecule has 5 nitrogen and oxygen atoms in total. The Morgan fingerprint density at radius 1 is 1.07 bits per heavy atom. The summed E-state index contributed by atoms with van der Waals surface area (Å²) in [6.07, 6.45) is 1.66. The lowest BCUT2D eigenvalue weighted by Gasteiger charge is -2.31. The number of nitrogens with one attached hydrogen (secondary N) is 2. The number of hydrogen-bond acceptors (Lipinski definition) is 2. The minimum atomic E-state index is -0.157. The highest BCUT2D eigenvalue weighted by Gasteiger charge is 2.29. The molecule has 1 aliphatic heterocycles. The number of carbonyl (C=O) groups excluding carboxylic acids is 2. The van der Waals surface area contributed by atoms with Gasteiger partial charge in [0.1, 0.15) is 5.69 Å². The number of H-pyrrole nitrogens is 1. The van der Waals surface area contributed by atoms with Gasteiger partial charge in [0.25, 0.3) is 5.91 Å². The van der Waals surface area contributed by atoms with Gasteiger partial charge in [-0.15, -0.1) is 0 Å². The second-order valence-electron chi connectivity index (χ2n) is 7.06. The number of benzene rings is 2. The Kier molecular flexibility index (Phi) is 4.92. The zero-order valence-electron chi connectivity index (χ0n) is 15.2. The number of aromatic amines is 1. The van der Waals surface area contributed by atoms with E-state index in [1.165, 1.54) is 0 Å². The van der Waals surface area contributed by atoms with Crippen LogP contribution in [-0.4, -0.2) is 34.8 Å². The predicted octanol–water partition coefficient (Wildman–Crippen LogP) is 3.34. The summed E-state index contributed by atoms with van der Waals surface area (Å²) in [6, 6.07) is 19.6. The van der Waals surface area contributed by atoms with Crippen LogP contribution in [0.2, 0.25) is 0 Å². The molecule has 27 heavy (non-hydrogen) atoms. The molecule has 5 heteroatoms. The van der Waals surface area contributed by atoms with Crippen molar-refractivity contribution in [3.05, 3.63) is 71.9 Å². The Morgan fingerprint density at radius 2 is 1.85 bits per heavy atom. The molecule has 0 spiro atoms. The Hall–Kier alpha value is -3.08. The summed E-state index contributed by atoms with van der Waals surface area (Å²) >= 11 is 0. The molecule has 0 aliphatic carbocycles. The van der Waals surface area contributed by atoms with Gasteiger partial charge >= 0.3 is 0 Å². The van der Waals surface area contributed by atoms with Crippen molar-refractivity contribution in [3.63, 3.8) is 0 Å². The average molecular weight is 361 g/mol. The highest BCUT2D eigenvalue weighted by atomic mass is 16.2. The maximum absolute atomic E-state index is 12.9. The molecule has 1 aromatic heterocycles. The van der Waals surface area contributed by atoms with E-state index in [0.29, 0.717) is 25.3 Å². The third-order valence-electron chi connectivity index (χ3n) is 5.15. The molecule has 3 aromatic rings. The molecule has 0 saturated carbocycles. The second-order valence-corrected chi connectivity index (χ2v) is 7.06. The molecule has 2 aromatic carbocycles. The van der Waals surface area contributed by atoms with Gasteiger partial charge in [0.15, 0.2) is 0 Å². The minimum absolute atomic E-state index is 0.0213. The van der Waals surface area contributed by atoms with E-state index in [0.717, 1.165) is 29.3 Å². The van der Waals surface area contributed by atoms with E-state index in [4.69, 9.17) is 0 Å². The lowest BCUT2D eigenvalue weighted by atomic mass is 9.96. The maximum Gasteiger partial charge on any atom is 0.270 e. The van der Waals surface area contributed by atoms with Gasteiger partial charge < -0.3 is 15.2 Å². The monoisotopic (exact) mass is 361 g/mol. The van der Waals surface area contributed by atoms with Crippen LogP contribution in [-0.2, 0) is 11.3 Å². The summed E-state index contributed by atoms with van der Waals surface area (Å²) in [4.78, 5) is 30.4. The van der Waals surface area contributed by atoms with Gasteiger partial charge in [0.2, 0.25) is 5.91 Å². The van der Waals surface area contributed by atoms with Crippen LogP contribution >= 0.6 is 0 Å². The van der Waals surface area contributed by atoms with Crippen LogP contribution in [0.3, 0.4) is 0 Å². The number of nitrogens with zero attached hydrogens (tertiary/aromatic N) is 1. The Bertz CT molecular complexity index is 915. The lowest BCUT2D eigenvalue weighted by Crippen LogP contribution is -2.45. The van der Waals surface area contributed by atoms with Crippen LogP contribution in [0.4, 0.5) is 0 Å². The van der Waals surface area contributed by atoms with Crippen LogP contribution in [0.25, 0.3) is 10.9 Å². The van der Waals surface area contributed by atoms with E-state index in [2.05, 4.69) is 10.3 Å². The number of fused-ring (bicyclic) bond motifs is 1. The molecule has 138 valence electrons. The summed E-state index contributed by atoms with van der Waals surface area (Å²) in [5, 5.41) is 4.03. The first-order valence-corrected chi connectivity index (χ1v) is 9.39. The van der Waals surface area contributed by atoms with E-state index in [1.807, 2.05) is 60.7 Å². The standard InChI is InChI=1S/C22H23N3O2/c26-21(23-14-16-7-2-1-3-8-16)18-10-6-12-25(15-18)22(27)20-13-17-9-4-5-11-19(17)24-20/h1-5,7-9,11,13,18,24H,6,10,12,14-15H2,(H,23,26). The molecule has 1 fully saturated rings. The first kappa shape index (κ1) is 17.3. The first-order chi connectivity index (χ1) is 13.2. The van der Waals surface area contributed by atoms with Crippen molar-refractivity contribution in [2.75, 3.05) is 13.1 Å². The minimum Gasteiger partial charge on any atom is -0.352 e. The van der Waals surface area contributed by atoms with Gasteiger partial charge in [-0.25, -0.2) is 0 Å². The molecule has 1 atom stereocenters. The van der Waals surface area contributed by atoms with Crippen LogP contribution in [0.1, 0.15) is 28.9 Å². The van der Waals surface area contributed by atoms with Crippen molar-refractivity contribution in [1.29, 1.82) is 0 Å². The smallest absolute Gasteiger partial charge is 0.270 e. The normalized spacial score (nSPS) is 17.0. The number of amides is 2. The lowest BCUT2D eigenvalue weighted by molar-refractivity contribution is -0.126. The number of carbonyl (C=O) groups is 2. The molecule has 1 unspecified atom stereocenters. The molecule has 2 N–H and O–H groups in total. The average Bonchev–Trinajstić information content (AvgIpc) is 3.16. The molecule has 1 saturated heterocycles. The third kappa shape index (κ3) is 3.87. The summed E-state index contributed by atoms with van der Waals surface area (Å²) in [7, 11) is 0. The van der Waals surface area contributed by atoms with Gasteiger partial charge in [0.05, 0.1) is 5.92 Å². The predicted molar refractivity (Wildman–Crippen MR) is 105 cm³/mol. The van der Waals surface area contributed by atoms with Gasteiger partial charge in [-0.1, -0.05) is 48.5 Å². The largest absolute Gasteiger partial charge is 0.352 e. The van der Waals surface area contributed by atoms with Gasteiger partial charge in [-0.2, -0.15) is 0 Å². The van der Waals surface area contributed by atoms with E-state index >= 15 is 0 Å². The third-order valence-corrected chi connectivity index (χ3v) is 5.15. The Balaban J connectivity index is 1.39. The quantitative estimate of drug-likeness (QED) is 0.749. The molecule has 4 rings (SSSR count). The van der Waals surface area contributed by atoms with Gasteiger partial charge in [0, 0.05) is 30.5 Å². The second kappa shape index (κ2) is 7.66. The van der Waals surface area contributed by atoms with E-state index in [9.17, 15) is 9.59 Å².